The first-order chi connectivity index (χ1) is 5.47. The Hall–Kier alpha value is -0.890. The molecule has 0 saturated heterocycles. The van der Waals surface area contributed by atoms with Crippen molar-refractivity contribution in [1.29, 1.82) is 0 Å². The minimum atomic E-state index is -0.724. The molecular weight excluding hydrogens is 155 g/mol. The van der Waals surface area contributed by atoms with Crippen molar-refractivity contribution in [3.63, 3.8) is 0 Å². The van der Waals surface area contributed by atoms with Crippen molar-refractivity contribution in [2.75, 3.05) is 0 Å². The predicted molar refractivity (Wildman–Crippen MR) is 46.4 cm³/mol. The third kappa shape index (κ3) is 3.01. The zero-order valence-electron chi connectivity index (χ0n) is 7.34. The number of benzene rings is 1. The Bertz CT molecular complexity index is 246. The van der Waals surface area contributed by atoms with Gasteiger partial charge in [0.05, 0.1) is 5.60 Å². The Morgan fingerprint density at radius 3 is 2.17 bits per heavy atom. The molecule has 0 atom stereocenters. The lowest BCUT2D eigenvalue weighted by Crippen LogP contribution is -2.21. The van der Waals surface area contributed by atoms with E-state index < -0.39 is 5.60 Å². The molecule has 1 aromatic rings. The summed E-state index contributed by atoms with van der Waals surface area (Å²) in [6.45, 7) is 3.46. The lowest BCUT2D eigenvalue weighted by molar-refractivity contribution is 0.0810. The van der Waals surface area contributed by atoms with E-state index in [0.717, 1.165) is 5.56 Å². The maximum absolute atomic E-state index is 12.5. The SMILES string of the molecule is CC(C)(O)Cc1ccc(F)cc1. The average Bonchev–Trinajstić information content (AvgIpc) is 1.91. The van der Waals surface area contributed by atoms with Crippen molar-refractivity contribution in [3.05, 3.63) is 35.6 Å². The maximum Gasteiger partial charge on any atom is 0.123 e. The zero-order valence-corrected chi connectivity index (χ0v) is 7.34. The summed E-state index contributed by atoms with van der Waals surface area (Å²) in [7, 11) is 0. The third-order valence-corrected chi connectivity index (χ3v) is 1.55. The molecule has 1 aromatic carbocycles. The highest BCUT2D eigenvalue weighted by atomic mass is 19.1. The van der Waals surface area contributed by atoms with Gasteiger partial charge in [-0.3, -0.25) is 0 Å². The molecule has 1 N–H and O–H groups in total. The van der Waals surface area contributed by atoms with Crippen LogP contribution in [0.5, 0.6) is 0 Å². The molecule has 12 heavy (non-hydrogen) atoms. The zero-order chi connectivity index (χ0) is 9.19. The molecule has 0 saturated carbocycles. The van der Waals surface area contributed by atoms with E-state index in [2.05, 4.69) is 0 Å². The molecule has 0 aliphatic heterocycles. The Labute approximate surface area is 71.9 Å². The molecule has 66 valence electrons. The van der Waals surface area contributed by atoms with Crippen LogP contribution in [0.1, 0.15) is 19.4 Å². The molecule has 2 heteroatoms. The van der Waals surface area contributed by atoms with Crippen molar-refractivity contribution < 1.29 is 9.50 Å². The first-order valence-electron chi connectivity index (χ1n) is 3.94. The number of rotatable bonds is 2. The number of aliphatic hydroxyl groups is 1. The van der Waals surface area contributed by atoms with Crippen LogP contribution < -0.4 is 0 Å². The summed E-state index contributed by atoms with van der Waals surface area (Å²) in [5.74, 6) is -0.241. The summed E-state index contributed by atoms with van der Waals surface area (Å²) in [4.78, 5) is 0. The van der Waals surface area contributed by atoms with E-state index in [-0.39, 0.29) is 5.82 Å². The van der Waals surface area contributed by atoms with Crippen LogP contribution in [0.15, 0.2) is 24.3 Å². The third-order valence-electron chi connectivity index (χ3n) is 1.55. The van der Waals surface area contributed by atoms with E-state index in [1.165, 1.54) is 12.1 Å². The van der Waals surface area contributed by atoms with Gasteiger partial charge >= 0.3 is 0 Å². The molecule has 0 aromatic heterocycles. The molecule has 0 fully saturated rings. The molecule has 0 aliphatic carbocycles. The fraction of sp³-hybridized carbons (Fsp3) is 0.400. The molecule has 0 amide bonds. The Balaban J connectivity index is 2.71. The molecule has 1 rings (SSSR count). The van der Waals surface area contributed by atoms with Crippen molar-refractivity contribution in [3.8, 4) is 0 Å². The van der Waals surface area contributed by atoms with E-state index >= 15 is 0 Å². The first-order valence-corrected chi connectivity index (χ1v) is 3.94. The van der Waals surface area contributed by atoms with Crippen LogP contribution in [-0.2, 0) is 6.42 Å². The topological polar surface area (TPSA) is 20.2 Å². The van der Waals surface area contributed by atoms with E-state index in [4.69, 9.17) is 0 Å². The van der Waals surface area contributed by atoms with Gasteiger partial charge in [0, 0.05) is 6.42 Å². The maximum atomic E-state index is 12.5. The van der Waals surface area contributed by atoms with Gasteiger partial charge in [0.25, 0.3) is 0 Å². The van der Waals surface area contributed by atoms with E-state index in [1.807, 2.05) is 0 Å². The van der Waals surface area contributed by atoms with Crippen LogP contribution in [0, 0.1) is 5.82 Å². The fourth-order valence-corrected chi connectivity index (χ4v) is 1.10. The summed E-state index contributed by atoms with van der Waals surface area (Å²) in [5, 5.41) is 9.45. The van der Waals surface area contributed by atoms with E-state index in [9.17, 15) is 9.50 Å². The second-order valence-corrected chi connectivity index (χ2v) is 3.62. The first kappa shape index (κ1) is 9.20. The van der Waals surface area contributed by atoms with Gasteiger partial charge in [0.15, 0.2) is 0 Å². The average molecular weight is 168 g/mol. The largest absolute Gasteiger partial charge is 0.390 e. The van der Waals surface area contributed by atoms with Gasteiger partial charge in [-0.25, -0.2) is 4.39 Å². The lowest BCUT2D eigenvalue weighted by atomic mass is 9.99. The molecule has 0 unspecified atom stereocenters. The summed E-state index contributed by atoms with van der Waals surface area (Å²) in [5.41, 5.74) is 0.224. The Kier molecular flexibility index (Phi) is 2.48. The van der Waals surface area contributed by atoms with Gasteiger partial charge in [0.1, 0.15) is 5.82 Å². The van der Waals surface area contributed by atoms with Gasteiger partial charge in [0.2, 0.25) is 0 Å². The monoisotopic (exact) mass is 168 g/mol. The molecule has 0 bridgehead atoms. The molecule has 0 spiro atoms. The number of hydrogen-bond acceptors (Lipinski definition) is 1. The van der Waals surface area contributed by atoms with Gasteiger partial charge in [-0.05, 0) is 31.5 Å². The predicted octanol–water partition coefficient (Wildman–Crippen LogP) is 2.14. The van der Waals surface area contributed by atoms with Gasteiger partial charge < -0.3 is 5.11 Å². The second-order valence-electron chi connectivity index (χ2n) is 3.62. The smallest absolute Gasteiger partial charge is 0.123 e. The van der Waals surface area contributed by atoms with Crippen molar-refractivity contribution in [2.24, 2.45) is 0 Å². The highest BCUT2D eigenvalue weighted by Crippen LogP contribution is 2.12. The van der Waals surface area contributed by atoms with Crippen molar-refractivity contribution >= 4 is 0 Å². The number of hydrogen-bond donors (Lipinski definition) is 1. The Morgan fingerprint density at radius 1 is 1.25 bits per heavy atom. The second kappa shape index (κ2) is 3.23. The van der Waals surface area contributed by atoms with Crippen molar-refractivity contribution in [2.45, 2.75) is 25.9 Å². The highest BCUT2D eigenvalue weighted by Gasteiger charge is 2.12. The normalized spacial score (nSPS) is 11.7. The lowest BCUT2D eigenvalue weighted by Gasteiger charge is -2.16. The molecule has 0 heterocycles. The summed E-state index contributed by atoms with van der Waals surface area (Å²) in [6, 6.07) is 6.18. The molecule has 1 nitrogen and oxygen atoms in total. The quantitative estimate of drug-likeness (QED) is 0.717. The minimum Gasteiger partial charge on any atom is -0.390 e. The molecule has 0 aliphatic rings. The summed E-state index contributed by atoms with van der Waals surface area (Å²) in [6.07, 6.45) is 0.549. The fourth-order valence-electron chi connectivity index (χ4n) is 1.10. The summed E-state index contributed by atoms with van der Waals surface area (Å²) >= 11 is 0. The summed E-state index contributed by atoms with van der Waals surface area (Å²) < 4.78 is 12.5. The van der Waals surface area contributed by atoms with Gasteiger partial charge in [-0.15, -0.1) is 0 Å². The van der Waals surface area contributed by atoms with E-state index in [1.54, 1.807) is 26.0 Å². The van der Waals surface area contributed by atoms with Crippen LogP contribution in [0.2, 0.25) is 0 Å². The van der Waals surface area contributed by atoms with Gasteiger partial charge in [-0.1, -0.05) is 12.1 Å². The Morgan fingerprint density at radius 2 is 1.75 bits per heavy atom. The molecular formula is C10H13FO. The van der Waals surface area contributed by atoms with Crippen molar-refractivity contribution in [1.82, 2.24) is 0 Å². The van der Waals surface area contributed by atoms with Crippen LogP contribution >= 0.6 is 0 Å². The minimum absolute atomic E-state index is 0.241. The number of halogens is 1. The molecule has 0 radical (unpaired) electrons. The van der Waals surface area contributed by atoms with E-state index in [0.29, 0.717) is 6.42 Å². The van der Waals surface area contributed by atoms with Crippen LogP contribution in [0.3, 0.4) is 0 Å². The standard InChI is InChI=1S/C10H13FO/c1-10(2,12)7-8-3-5-9(11)6-4-8/h3-6,12H,7H2,1-2H3. The van der Waals surface area contributed by atoms with Crippen LogP contribution in [0.4, 0.5) is 4.39 Å². The van der Waals surface area contributed by atoms with Crippen LogP contribution in [0.25, 0.3) is 0 Å². The highest BCUT2D eigenvalue weighted by molar-refractivity contribution is 5.17. The van der Waals surface area contributed by atoms with Crippen LogP contribution in [-0.4, -0.2) is 10.7 Å². The van der Waals surface area contributed by atoms with Gasteiger partial charge in [-0.2, -0.15) is 0 Å².